The standard InChI is InChI=1S/C10H28N2Si2/c1-9(2)11(5)13-7-8-14-12(6)10(3)4/h9-10H,7-8,13-14H2,1-6H3. The third-order valence-corrected chi connectivity index (χ3v) is 8.54. The highest BCUT2D eigenvalue weighted by Gasteiger charge is 2.05. The second kappa shape index (κ2) is 7.62. The lowest BCUT2D eigenvalue weighted by molar-refractivity contribution is 0.435. The molecule has 0 fully saturated rings. The van der Waals surface area contributed by atoms with Crippen LogP contribution in [0.2, 0.25) is 12.1 Å². The van der Waals surface area contributed by atoms with Crippen LogP contribution >= 0.6 is 0 Å². The molecule has 0 bridgehead atoms. The quantitative estimate of drug-likeness (QED) is 0.470. The largest absolute Gasteiger partial charge is 0.330 e. The predicted octanol–water partition coefficient (Wildman–Crippen LogP) is 0.671. The molecule has 0 aromatic heterocycles. The van der Waals surface area contributed by atoms with Gasteiger partial charge >= 0.3 is 0 Å². The Balaban J connectivity index is 3.38. The van der Waals surface area contributed by atoms with Crippen LogP contribution < -0.4 is 0 Å². The first-order chi connectivity index (χ1) is 6.45. The molecule has 0 spiro atoms. The maximum atomic E-state index is 2.57. The van der Waals surface area contributed by atoms with Gasteiger partial charge in [0.1, 0.15) is 0 Å². The van der Waals surface area contributed by atoms with Crippen LogP contribution in [0.15, 0.2) is 0 Å². The van der Waals surface area contributed by atoms with Crippen molar-refractivity contribution < 1.29 is 0 Å². The zero-order chi connectivity index (χ0) is 11.1. The SMILES string of the molecule is CC(C)N(C)[SiH2]CC[SiH2]N(C)C(C)C. The summed E-state index contributed by atoms with van der Waals surface area (Å²) in [7, 11) is 4.69. The van der Waals surface area contributed by atoms with Gasteiger partial charge in [0.05, 0.1) is 19.4 Å². The van der Waals surface area contributed by atoms with Crippen LogP contribution in [-0.4, -0.2) is 54.7 Å². The lowest BCUT2D eigenvalue weighted by atomic mass is 10.4. The van der Waals surface area contributed by atoms with Gasteiger partial charge in [-0.3, -0.25) is 0 Å². The molecule has 0 atom stereocenters. The summed E-state index contributed by atoms with van der Waals surface area (Å²) in [4.78, 5) is 0. The minimum Gasteiger partial charge on any atom is -0.330 e. The van der Waals surface area contributed by atoms with E-state index in [1.165, 1.54) is 12.1 Å². The Morgan fingerprint density at radius 1 is 0.786 bits per heavy atom. The highest BCUT2D eigenvalue weighted by Crippen LogP contribution is 1.99. The third-order valence-electron chi connectivity index (χ3n) is 3.03. The zero-order valence-corrected chi connectivity index (χ0v) is 13.7. The molecular weight excluding hydrogens is 204 g/mol. The van der Waals surface area contributed by atoms with Crippen LogP contribution in [0.3, 0.4) is 0 Å². The Hall–Kier alpha value is 0.354. The van der Waals surface area contributed by atoms with Gasteiger partial charge < -0.3 is 9.13 Å². The van der Waals surface area contributed by atoms with E-state index in [2.05, 4.69) is 50.9 Å². The first kappa shape index (κ1) is 14.4. The van der Waals surface area contributed by atoms with Gasteiger partial charge in [0.2, 0.25) is 0 Å². The summed E-state index contributed by atoms with van der Waals surface area (Å²) in [6.45, 7) is 9.19. The van der Waals surface area contributed by atoms with E-state index < -0.39 is 0 Å². The molecule has 0 saturated carbocycles. The van der Waals surface area contributed by atoms with E-state index in [0.29, 0.717) is 0 Å². The Labute approximate surface area is 94.9 Å². The van der Waals surface area contributed by atoms with Gasteiger partial charge in [0.15, 0.2) is 0 Å². The molecule has 86 valence electrons. The fourth-order valence-corrected chi connectivity index (χ4v) is 5.06. The van der Waals surface area contributed by atoms with Crippen molar-refractivity contribution in [1.82, 2.24) is 9.13 Å². The fourth-order valence-electron chi connectivity index (χ4n) is 1.24. The molecule has 2 nitrogen and oxygen atoms in total. The van der Waals surface area contributed by atoms with E-state index in [1.54, 1.807) is 0 Å². The van der Waals surface area contributed by atoms with Crippen molar-refractivity contribution in [3.05, 3.63) is 0 Å². The minimum absolute atomic E-state index is 0.0621. The monoisotopic (exact) mass is 232 g/mol. The van der Waals surface area contributed by atoms with Gasteiger partial charge in [-0.2, -0.15) is 0 Å². The number of nitrogens with zero attached hydrogens (tertiary/aromatic N) is 2. The molecule has 14 heavy (non-hydrogen) atoms. The van der Waals surface area contributed by atoms with Crippen molar-refractivity contribution in [1.29, 1.82) is 0 Å². The molecule has 0 aromatic rings. The highest BCUT2D eigenvalue weighted by molar-refractivity contribution is 6.38. The van der Waals surface area contributed by atoms with Gasteiger partial charge in [-0.1, -0.05) is 39.8 Å². The van der Waals surface area contributed by atoms with Crippen LogP contribution in [0.25, 0.3) is 0 Å². The van der Waals surface area contributed by atoms with Gasteiger partial charge in [-0.05, 0) is 26.2 Å². The summed E-state index contributed by atoms with van der Waals surface area (Å²) in [5.41, 5.74) is 0. The molecule has 0 aliphatic carbocycles. The van der Waals surface area contributed by atoms with Gasteiger partial charge in [0.25, 0.3) is 0 Å². The van der Waals surface area contributed by atoms with Crippen LogP contribution in [0, 0.1) is 0 Å². The van der Waals surface area contributed by atoms with Crippen molar-refractivity contribution >= 4 is 19.4 Å². The molecule has 0 aromatic carbocycles. The molecule has 0 aliphatic heterocycles. The van der Waals surface area contributed by atoms with Crippen molar-refractivity contribution in [2.75, 3.05) is 14.1 Å². The molecule has 0 heterocycles. The van der Waals surface area contributed by atoms with E-state index in [0.717, 1.165) is 12.1 Å². The maximum absolute atomic E-state index is 2.57. The minimum atomic E-state index is 0.0621. The first-order valence-corrected chi connectivity index (χ1v) is 9.12. The van der Waals surface area contributed by atoms with Gasteiger partial charge in [-0.25, -0.2) is 0 Å². The van der Waals surface area contributed by atoms with Crippen LogP contribution in [0.5, 0.6) is 0 Å². The van der Waals surface area contributed by atoms with Crippen molar-refractivity contribution in [3.8, 4) is 0 Å². The molecule has 0 radical (unpaired) electrons. The van der Waals surface area contributed by atoms with E-state index in [9.17, 15) is 0 Å². The van der Waals surface area contributed by atoms with Crippen molar-refractivity contribution in [2.45, 2.75) is 51.9 Å². The summed E-state index contributed by atoms with van der Waals surface area (Å²) >= 11 is 0. The Bertz CT molecular complexity index is 124. The summed E-state index contributed by atoms with van der Waals surface area (Å²) in [6, 6.07) is 4.54. The maximum Gasteiger partial charge on any atom is 0.0947 e. The molecule has 0 unspecified atom stereocenters. The number of hydrogen-bond donors (Lipinski definition) is 0. The molecule has 0 aliphatic rings. The Morgan fingerprint density at radius 2 is 1.07 bits per heavy atom. The van der Waals surface area contributed by atoms with Crippen LogP contribution in [0.1, 0.15) is 27.7 Å². The lowest BCUT2D eigenvalue weighted by Gasteiger charge is -2.23. The number of hydrogen-bond acceptors (Lipinski definition) is 2. The average molecular weight is 233 g/mol. The molecular formula is C10H28N2Si2. The summed E-state index contributed by atoms with van der Waals surface area (Å²) in [5, 5.41) is 0. The summed E-state index contributed by atoms with van der Waals surface area (Å²) < 4.78 is 5.15. The first-order valence-electron chi connectivity index (χ1n) is 5.85. The van der Waals surface area contributed by atoms with Gasteiger partial charge in [-0.15, -0.1) is 0 Å². The molecule has 0 N–H and O–H groups in total. The Morgan fingerprint density at radius 3 is 1.29 bits per heavy atom. The normalized spacial score (nSPS) is 14.1. The zero-order valence-electron chi connectivity index (χ0n) is 10.9. The van der Waals surface area contributed by atoms with E-state index in [-0.39, 0.29) is 19.4 Å². The predicted molar refractivity (Wildman–Crippen MR) is 72.5 cm³/mol. The van der Waals surface area contributed by atoms with Crippen LogP contribution in [-0.2, 0) is 0 Å². The lowest BCUT2D eigenvalue weighted by Crippen LogP contribution is -2.32. The number of rotatable bonds is 7. The van der Waals surface area contributed by atoms with E-state index in [1.807, 2.05) is 0 Å². The summed E-state index contributed by atoms with van der Waals surface area (Å²) in [6.07, 6.45) is 0. The second-order valence-electron chi connectivity index (χ2n) is 4.86. The van der Waals surface area contributed by atoms with Crippen molar-refractivity contribution in [3.63, 3.8) is 0 Å². The molecule has 4 heteroatoms. The summed E-state index contributed by atoms with van der Waals surface area (Å²) in [5.74, 6) is 0. The topological polar surface area (TPSA) is 6.48 Å². The Kier molecular flexibility index (Phi) is 7.81. The fraction of sp³-hybridized carbons (Fsp3) is 1.00. The van der Waals surface area contributed by atoms with E-state index in [4.69, 9.17) is 0 Å². The van der Waals surface area contributed by atoms with Gasteiger partial charge in [0, 0.05) is 0 Å². The third kappa shape index (κ3) is 6.76. The second-order valence-corrected chi connectivity index (χ2v) is 9.16. The molecule has 0 saturated heterocycles. The smallest absolute Gasteiger partial charge is 0.0947 e. The van der Waals surface area contributed by atoms with Crippen molar-refractivity contribution in [2.24, 2.45) is 0 Å². The van der Waals surface area contributed by atoms with E-state index >= 15 is 0 Å². The highest BCUT2D eigenvalue weighted by atomic mass is 28.2. The average Bonchev–Trinajstić information content (AvgIpc) is 2.11. The molecule has 0 amide bonds. The molecule has 0 rings (SSSR count). The van der Waals surface area contributed by atoms with Crippen LogP contribution in [0.4, 0.5) is 0 Å².